The van der Waals surface area contributed by atoms with Gasteiger partial charge in [-0.05, 0) is 68.4 Å². The van der Waals surface area contributed by atoms with Crippen LogP contribution < -0.4 is 5.32 Å². The number of carbonyl (C=O) groups excluding carboxylic acids is 1. The van der Waals surface area contributed by atoms with Gasteiger partial charge in [0, 0.05) is 16.6 Å². The van der Waals surface area contributed by atoms with E-state index in [2.05, 4.69) is 36.5 Å². The molecule has 3 nitrogen and oxygen atoms in total. The first kappa shape index (κ1) is 19.9. The fraction of sp³-hybridized carbons (Fsp3) is 0.435. The molecule has 2 aromatic rings. The van der Waals surface area contributed by atoms with Gasteiger partial charge in [-0.1, -0.05) is 48.4 Å². The standard InChI is InChI=1S/C23H28ClNO2/c1-16-4-3-5-18(14-16)15-27-22-12-6-19(7-13-22)17(2)23(26)25-21-10-8-20(24)9-11-21/h3-5,8-11,14,17,19,22H,6-7,12-13,15H2,1-2H3,(H,25,26). The monoisotopic (exact) mass is 385 g/mol. The maximum atomic E-state index is 12.5. The lowest BCUT2D eigenvalue weighted by Crippen LogP contribution is -2.31. The van der Waals surface area contributed by atoms with E-state index < -0.39 is 0 Å². The fourth-order valence-corrected chi connectivity index (χ4v) is 3.90. The Hall–Kier alpha value is -1.84. The number of ether oxygens (including phenoxy) is 1. The van der Waals surface area contributed by atoms with E-state index in [0.717, 1.165) is 31.4 Å². The van der Waals surface area contributed by atoms with E-state index >= 15 is 0 Å². The van der Waals surface area contributed by atoms with Gasteiger partial charge in [-0.2, -0.15) is 0 Å². The van der Waals surface area contributed by atoms with Gasteiger partial charge in [0.2, 0.25) is 5.91 Å². The number of carbonyl (C=O) groups is 1. The van der Waals surface area contributed by atoms with Crippen LogP contribution in [-0.4, -0.2) is 12.0 Å². The van der Waals surface area contributed by atoms with Crippen LogP contribution >= 0.6 is 11.6 Å². The number of amides is 1. The molecular formula is C23H28ClNO2. The molecule has 0 bridgehead atoms. The predicted octanol–water partition coefficient (Wildman–Crippen LogP) is 6.00. The van der Waals surface area contributed by atoms with Crippen molar-refractivity contribution < 1.29 is 9.53 Å². The van der Waals surface area contributed by atoms with Gasteiger partial charge in [-0.15, -0.1) is 0 Å². The highest BCUT2D eigenvalue weighted by Gasteiger charge is 2.29. The van der Waals surface area contributed by atoms with Crippen LogP contribution in [0.4, 0.5) is 5.69 Å². The molecule has 1 fully saturated rings. The van der Waals surface area contributed by atoms with Crippen LogP contribution in [0.2, 0.25) is 5.02 Å². The molecule has 144 valence electrons. The Bertz CT molecular complexity index is 751. The van der Waals surface area contributed by atoms with E-state index in [0.29, 0.717) is 23.7 Å². The third kappa shape index (κ3) is 5.82. The lowest BCUT2D eigenvalue weighted by atomic mass is 9.79. The number of halogens is 1. The van der Waals surface area contributed by atoms with Crippen molar-refractivity contribution in [3.05, 3.63) is 64.7 Å². The Labute approximate surface area is 167 Å². The average Bonchev–Trinajstić information content (AvgIpc) is 2.68. The van der Waals surface area contributed by atoms with Crippen molar-refractivity contribution in [3.63, 3.8) is 0 Å². The van der Waals surface area contributed by atoms with Crippen molar-refractivity contribution in [2.75, 3.05) is 5.32 Å². The molecule has 0 saturated heterocycles. The van der Waals surface area contributed by atoms with E-state index in [9.17, 15) is 4.79 Å². The quantitative estimate of drug-likeness (QED) is 0.662. The van der Waals surface area contributed by atoms with Crippen LogP contribution in [0.3, 0.4) is 0 Å². The molecule has 3 rings (SSSR count). The zero-order valence-electron chi connectivity index (χ0n) is 16.1. The highest BCUT2D eigenvalue weighted by Crippen LogP contribution is 2.32. The summed E-state index contributed by atoms with van der Waals surface area (Å²) in [6.45, 7) is 4.80. The van der Waals surface area contributed by atoms with Gasteiger partial charge in [0.1, 0.15) is 0 Å². The third-order valence-corrected chi connectivity index (χ3v) is 5.77. The Morgan fingerprint density at radius 3 is 2.52 bits per heavy atom. The van der Waals surface area contributed by atoms with Gasteiger partial charge < -0.3 is 10.1 Å². The van der Waals surface area contributed by atoms with Gasteiger partial charge in [0.25, 0.3) is 0 Å². The molecule has 27 heavy (non-hydrogen) atoms. The van der Waals surface area contributed by atoms with Crippen molar-refractivity contribution in [2.45, 2.75) is 52.2 Å². The van der Waals surface area contributed by atoms with Crippen LogP contribution in [-0.2, 0) is 16.1 Å². The van der Waals surface area contributed by atoms with E-state index in [1.165, 1.54) is 11.1 Å². The second-order valence-electron chi connectivity index (χ2n) is 7.62. The Balaban J connectivity index is 1.43. The SMILES string of the molecule is Cc1cccc(COC2CCC(C(C)C(=O)Nc3ccc(Cl)cc3)CC2)c1. The summed E-state index contributed by atoms with van der Waals surface area (Å²) in [5, 5.41) is 3.67. The van der Waals surface area contributed by atoms with Crippen molar-refractivity contribution >= 4 is 23.2 Å². The first-order valence-corrected chi connectivity index (χ1v) is 10.1. The number of rotatable bonds is 6. The molecule has 0 aromatic heterocycles. The summed E-state index contributed by atoms with van der Waals surface area (Å²) >= 11 is 5.89. The van der Waals surface area contributed by atoms with Crippen LogP contribution in [0.15, 0.2) is 48.5 Å². The first-order chi connectivity index (χ1) is 13.0. The van der Waals surface area contributed by atoms with Crippen LogP contribution in [0.1, 0.15) is 43.7 Å². The molecule has 0 radical (unpaired) electrons. The van der Waals surface area contributed by atoms with Gasteiger partial charge >= 0.3 is 0 Å². The number of benzene rings is 2. The smallest absolute Gasteiger partial charge is 0.227 e. The summed E-state index contributed by atoms with van der Waals surface area (Å²) in [4.78, 5) is 12.5. The molecule has 1 aliphatic rings. The Morgan fingerprint density at radius 1 is 1.15 bits per heavy atom. The normalized spacial score (nSPS) is 20.9. The van der Waals surface area contributed by atoms with Crippen LogP contribution in [0.25, 0.3) is 0 Å². The minimum atomic E-state index is -0.00148. The largest absolute Gasteiger partial charge is 0.374 e. The molecule has 0 spiro atoms. The molecule has 0 aliphatic heterocycles. The van der Waals surface area contributed by atoms with Crippen LogP contribution in [0.5, 0.6) is 0 Å². The van der Waals surface area contributed by atoms with Crippen molar-refractivity contribution in [3.8, 4) is 0 Å². The van der Waals surface area contributed by atoms with E-state index in [-0.39, 0.29) is 11.8 Å². The number of anilines is 1. The number of hydrogen-bond acceptors (Lipinski definition) is 2. The Kier molecular flexibility index (Phi) is 6.92. The molecule has 1 aliphatic carbocycles. The highest BCUT2D eigenvalue weighted by atomic mass is 35.5. The van der Waals surface area contributed by atoms with Crippen molar-refractivity contribution in [1.82, 2.24) is 0 Å². The lowest BCUT2D eigenvalue weighted by molar-refractivity contribution is -0.121. The fourth-order valence-electron chi connectivity index (χ4n) is 3.77. The van der Waals surface area contributed by atoms with Gasteiger partial charge in [0.05, 0.1) is 12.7 Å². The second kappa shape index (κ2) is 9.38. The lowest BCUT2D eigenvalue weighted by Gasteiger charge is -2.31. The molecule has 1 unspecified atom stereocenters. The second-order valence-corrected chi connectivity index (χ2v) is 8.06. The zero-order valence-corrected chi connectivity index (χ0v) is 16.8. The summed E-state index contributed by atoms with van der Waals surface area (Å²) < 4.78 is 6.11. The zero-order chi connectivity index (χ0) is 19.2. The summed E-state index contributed by atoms with van der Waals surface area (Å²) in [6, 6.07) is 15.7. The van der Waals surface area contributed by atoms with Gasteiger partial charge in [-0.25, -0.2) is 0 Å². The number of nitrogens with one attached hydrogen (secondary N) is 1. The molecular weight excluding hydrogens is 358 g/mol. The van der Waals surface area contributed by atoms with Gasteiger partial charge in [-0.3, -0.25) is 4.79 Å². The first-order valence-electron chi connectivity index (χ1n) is 9.75. The number of aryl methyl sites for hydroxylation is 1. The van der Waals surface area contributed by atoms with Crippen molar-refractivity contribution in [2.24, 2.45) is 11.8 Å². The maximum absolute atomic E-state index is 12.5. The molecule has 1 amide bonds. The summed E-state index contributed by atoms with van der Waals surface area (Å²) in [5.74, 6) is 0.496. The summed E-state index contributed by atoms with van der Waals surface area (Å²) in [5.41, 5.74) is 3.29. The third-order valence-electron chi connectivity index (χ3n) is 5.52. The minimum absolute atomic E-state index is 0.00148. The minimum Gasteiger partial charge on any atom is -0.374 e. The average molecular weight is 386 g/mol. The van der Waals surface area contributed by atoms with Crippen LogP contribution in [0, 0.1) is 18.8 Å². The molecule has 4 heteroatoms. The molecule has 2 aromatic carbocycles. The summed E-state index contributed by atoms with van der Waals surface area (Å²) in [7, 11) is 0. The van der Waals surface area contributed by atoms with E-state index in [1.54, 1.807) is 12.1 Å². The predicted molar refractivity (Wildman–Crippen MR) is 111 cm³/mol. The van der Waals surface area contributed by atoms with E-state index in [1.807, 2.05) is 19.1 Å². The van der Waals surface area contributed by atoms with E-state index in [4.69, 9.17) is 16.3 Å². The number of hydrogen-bond donors (Lipinski definition) is 1. The van der Waals surface area contributed by atoms with Gasteiger partial charge in [0.15, 0.2) is 0 Å². The molecule has 0 heterocycles. The maximum Gasteiger partial charge on any atom is 0.227 e. The summed E-state index contributed by atoms with van der Waals surface area (Å²) in [6.07, 6.45) is 4.42. The molecule has 1 saturated carbocycles. The van der Waals surface area contributed by atoms with Crippen molar-refractivity contribution in [1.29, 1.82) is 0 Å². The molecule has 1 N–H and O–H groups in total. The Morgan fingerprint density at radius 2 is 1.85 bits per heavy atom. The molecule has 1 atom stereocenters. The topological polar surface area (TPSA) is 38.3 Å². The highest BCUT2D eigenvalue weighted by molar-refractivity contribution is 6.30.